The zero-order valence-electron chi connectivity index (χ0n) is 14.4. The largest absolute Gasteiger partial charge is 0.463 e. The molecule has 0 heterocycles. The molecule has 20 heavy (non-hydrogen) atoms. The minimum atomic E-state index is -0.159. The van der Waals surface area contributed by atoms with Crippen molar-refractivity contribution >= 4 is 5.97 Å². The van der Waals surface area contributed by atoms with Gasteiger partial charge in [0.1, 0.15) is 0 Å². The lowest BCUT2D eigenvalue weighted by Gasteiger charge is -2.11. The van der Waals surface area contributed by atoms with Crippen molar-refractivity contribution < 1.29 is 9.53 Å². The van der Waals surface area contributed by atoms with E-state index in [1.807, 2.05) is 0 Å². The van der Waals surface area contributed by atoms with Gasteiger partial charge in [-0.05, 0) is 49.9 Å². The molecule has 0 N–H and O–H groups in total. The van der Waals surface area contributed by atoms with E-state index in [4.69, 9.17) is 4.74 Å². The van der Waals surface area contributed by atoms with Gasteiger partial charge in [-0.25, -0.2) is 4.79 Å². The first kappa shape index (κ1) is 19.2. The highest BCUT2D eigenvalue weighted by atomic mass is 16.5. The second kappa shape index (κ2) is 10.9. The molecule has 0 amide bonds. The molecule has 0 spiro atoms. The van der Waals surface area contributed by atoms with E-state index in [9.17, 15) is 4.79 Å². The summed E-state index contributed by atoms with van der Waals surface area (Å²) in [6, 6.07) is 0. The number of carbonyl (C=O) groups is 1. The molecule has 0 aliphatic rings. The highest BCUT2D eigenvalue weighted by Gasteiger charge is 2.07. The lowest BCUT2D eigenvalue weighted by molar-refractivity contribution is -0.138. The fourth-order valence-electron chi connectivity index (χ4n) is 1.82. The first-order valence-corrected chi connectivity index (χ1v) is 8.17. The van der Waals surface area contributed by atoms with Crippen LogP contribution in [-0.4, -0.2) is 12.6 Å². The second-order valence-electron chi connectivity index (χ2n) is 7.02. The fraction of sp³-hybridized carbons (Fsp3) is 0.833. The molecule has 0 aromatic heterocycles. The molecule has 0 atom stereocenters. The van der Waals surface area contributed by atoms with E-state index in [1.54, 1.807) is 6.08 Å². The molecule has 0 saturated heterocycles. The maximum Gasteiger partial charge on any atom is 0.330 e. The van der Waals surface area contributed by atoms with E-state index >= 15 is 0 Å². The third-order valence-corrected chi connectivity index (χ3v) is 3.35. The Bertz CT molecular complexity index is 274. The zero-order valence-corrected chi connectivity index (χ0v) is 14.4. The molecule has 0 aliphatic heterocycles. The van der Waals surface area contributed by atoms with E-state index in [0.717, 1.165) is 32.1 Å². The molecule has 0 aliphatic carbocycles. The summed E-state index contributed by atoms with van der Waals surface area (Å²) >= 11 is 0. The van der Waals surface area contributed by atoms with Crippen molar-refractivity contribution in [1.29, 1.82) is 0 Å². The van der Waals surface area contributed by atoms with Crippen molar-refractivity contribution in [2.24, 2.45) is 17.8 Å². The molecule has 2 heteroatoms. The molecule has 0 fully saturated rings. The van der Waals surface area contributed by atoms with Gasteiger partial charge in [-0.1, -0.05) is 47.1 Å². The van der Waals surface area contributed by atoms with Gasteiger partial charge in [-0.15, -0.1) is 0 Å². The van der Waals surface area contributed by atoms with Gasteiger partial charge >= 0.3 is 5.97 Å². The minimum absolute atomic E-state index is 0.159. The lowest BCUT2D eigenvalue weighted by Crippen LogP contribution is -2.06. The predicted octanol–water partition coefficient (Wildman–Crippen LogP) is 5.37. The molecule has 0 aromatic rings. The SMILES string of the molecule is CC(C)CCOC(=O)C=C(CCC(C)C)CCC(C)C. The topological polar surface area (TPSA) is 26.3 Å². The molecule has 0 rings (SSSR count). The van der Waals surface area contributed by atoms with Gasteiger partial charge in [0.15, 0.2) is 0 Å². The summed E-state index contributed by atoms with van der Waals surface area (Å²) in [5.74, 6) is 1.77. The summed E-state index contributed by atoms with van der Waals surface area (Å²) in [6.07, 6.45) is 7.00. The number of allylic oxidation sites excluding steroid dienone is 1. The number of carbonyl (C=O) groups excluding carboxylic acids is 1. The molecule has 0 saturated carbocycles. The minimum Gasteiger partial charge on any atom is -0.463 e. The quantitative estimate of drug-likeness (QED) is 0.397. The smallest absolute Gasteiger partial charge is 0.330 e. The summed E-state index contributed by atoms with van der Waals surface area (Å²) in [5, 5.41) is 0. The Morgan fingerprint density at radius 3 is 1.70 bits per heavy atom. The van der Waals surface area contributed by atoms with Gasteiger partial charge in [-0.2, -0.15) is 0 Å². The Hall–Kier alpha value is -0.790. The number of esters is 1. The second-order valence-corrected chi connectivity index (χ2v) is 7.02. The maximum atomic E-state index is 11.8. The Kier molecular flexibility index (Phi) is 10.5. The van der Waals surface area contributed by atoms with Crippen LogP contribution in [0.15, 0.2) is 11.6 Å². The van der Waals surface area contributed by atoms with Crippen molar-refractivity contribution in [1.82, 2.24) is 0 Å². The molecule has 0 radical (unpaired) electrons. The normalized spacial score (nSPS) is 11.2. The van der Waals surface area contributed by atoms with Crippen molar-refractivity contribution in [3.8, 4) is 0 Å². The Balaban J connectivity index is 4.32. The van der Waals surface area contributed by atoms with Crippen LogP contribution in [0.3, 0.4) is 0 Å². The number of hydrogen-bond acceptors (Lipinski definition) is 2. The molecular weight excluding hydrogens is 248 g/mol. The van der Waals surface area contributed by atoms with E-state index in [0.29, 0.717) is 24.4 Å². The van der Waals surface area contributed by atoms with Crippen LogP contribution in [0.2, 0.25) is 0 Å². The Morgan fingerprint density at radius 2 is 1.30 bits per heavy atom. The number of ether oxygens (including phenoxy) is 1. The van der Waals surface area contributed by atoms with Crippen LogP contribution in [0.4, 0.5) is 0 Å². The van der Waals surface area contributed by atoms with Crippen molar-refractivity contribution in [3.05, 3.63) is 11.6 Å². The highest BCUT2D eigenvalue weighted by molar-refractivity contribution is 5.82. The first-order chi connectivity index (χ1) is 9.31. The fourth-order valence-corrected chi connectivity index (χ4v) is 1.82. The third-order valence-electron chi connectivity index (χ3n) is 3.35. The van der Waals surface area contributed by atoms with Gasteiger partial charge in [0.25, 0.3) is 0 Å². The van der Waals surface area contributed by atoms with Gasteiger partial charge in [0, 0.05) is 6.08 Å². The Morgan fingerprint density at radius 1 is 0.850 bits per heavy atom. The summed E-state index contributed by atoms with van der Waals surface area (Å²) in [6.45, 7) is 13.7. The van der Waals surface area contributed by atoms with Gasteiger partial charge in [0.05, 0.1) is 6.61 Å². The zero-order chi connectivity index (χ0) is 15.5. The molecule has 0 bridgehead atoms. The molecule has 2 nitrogen and oxygen atoms in total. The van der Waals surface area contributed by atoms with Crippen molar-refractivity contribution in [2.45, 2.75) is 73.6 Å². The van der Waals surface area contributed by atoms with Gasteiger partial charge in [-0.3, -0.25) is 0 Å². The standard InChI is InChI=1S/C18H34O2/c1-14(2)7-9-17(10-8-15(3)4)13-18(19)20-12-11-16(5)6/h13-16H,7-12H2,1-6H3. The number of hydrogen-bond donors (Lipinski definition) is 0. The summed E-state index contributed by atoms with van der Waals surface area (Å²) in [4.78, 5) is 11.8. The van der Waals surface area contributed by atoms with Gasteiger partial charge < -0.3 is 4.74 Å². The van der Waals surface area contributed by atoms with Gasteiger partial charge in [0.2, 0.25) is 0 Å². The van der Waals surface area contributed by atoms with Crippen LogP contribution in [0.25, 0.3) is 0 Å². The van der Waals surface area contributed by atoms with Crippen LogP contribution < -0.4 is 0 Å². The van der Waals surface area contributed by atoms with E-state index in [-0.39, 0.29) is 5.97 Å². The van der Waals surface area contributed by atoms with E-state index in [2.05, 4.69) is 41.5 Å². The van der Waals surface area contributed by atoms with Crippen LogP contribution in [0.1, 0.15) is 73.6 Å². The maximum absolute atomic E-state index is 11.8. The predicted molar refractivity (Wildman–Crippen MR) is 86.6 cm³/mol. The average Bonchev–Trinajstić information content (AvgIpc) is 2.31. The molecular formula is C18H34O2. The van der Waals surface area contributed by atoms with Crippen molar-refractivity contribution in [3.63, 3.8) is 0 Å². The molecule has 0 aromatic carbocycles. The van der Waals surface area contributed by atoms with Crippen molar-refractivity contribution in [2.75, 3.05) is 6.61 Å². The lowest BCUT2D eigenvalue weighted by atomic mass is 9.96. The first-order valence-electron chi connectivity index (χ1n) is 8.17. The summed E-state index contributed by atoms with van der Waals surface area (Å²) in [5.41, 5.74) is 1.25. The third kappa shape index (κ3) is 12.3. The van der Waals surface area contributed by atoms with E-state index < -0.39 is 0 Å². The van der Waals surface area contributed by atoms with Crippen LogP contribution >= 0.6 is 0 Å². The summed E-state index contributed by atoms with van der Waals surface area (Å²) < 4.78 is 5.28. The monoisotopic (exact) mass is 282 g/mol. The van der Waals surface area contributed by atoms with Crippen LogP contribution in [0, 0.1) is 17.8 Å². The average molecular weight is 282 g/mol. The van der Waals surface area contributed by atoms with Crippen LogP contribution in [-0.2, 0) is 9.53 Å². The highest BCUT2D eigenvalue weighted by Crippen LogP contribution is 2.19. The number of rotatable bonds is 10. The molecule has 118 valence electrons. The summed E-state index contributed by atoms with van der Waals surface area (Å²) in [7, 11) is 0. The van der Waals surface area contributed by atoms with Crippen LogP contribution in [0.5, 0.6) is 0 Å². The Labute approximate surface area is 126 Å². The van der Waals surface area contributed by atoms with E-state index in [1.165, 1.54) is 5.57 Å². The molecule has 0 unspecified atom stereocenters.